The molecule has 4 N–H and O–H groups in total. The highest BCUT2D eigenvalue weighted by atomic mass is 16.5. The number of carbonyl (C=O) groups is 1. The lowest BCUT2D eigenvalue weighted by molar-refractivity contribution is 0.0268. The fourth-order valence-corrected chi connectivity index (χ4v) is 4.27. The molecule has 46 heavy (non-hydrogen) atoms. The van der Waals surface area contributed by atoms with E-state index in [1.165, 1.54) is 0 Å². The van der Waals surface area contributed by atoms with Crippen LogP contribution in [0.3, 0.4) is 0 Å². The van der Waals surface area contributed by atoms with Gasteiger partial charge in [0.15, 0.2) is 0 Å². The smallest absolute Gasteiger partial charge is 0.251 e. The van der Waals surface area contributed by atoms with E-state index in [0.717, 1.165) is 23.8 Å². The van der Waals surface area contributed by atoms with Gasteiger partial charge in [-0.25, -0.2) is 0 Å². The number of amides is 1. The Bertz CT molecular complexity index is 1220. The number of methoxy groups -OCH3 is 1. The van der Waals surface area contributed by atoms with E-state index >= 15 is 0 Å². The minimum atomic E-state index is -0.119. The molecule has 0 fully saturated rings. The maximum atomic E-state index is 12.1. The van der Waals surface area contributed by atoms with Gasteiger partial charge in [0, 0.05) is 37.2 Å². The molecule has 1 aliphatic heterocycles. The van der Waals surface area contributed by atoms with Crippen LogP contribution in [0.1, 0.15) is 30.1 Å². The van der Waals surface area contributed by atoms with E-state index in [1.54, 1.807) is 43.5 Å². The van der Waals surface area contributed by atoms with Crippen molar-refractivity contribution in [1.29, 1.82) is 0 Å². The number of anilines is 1. The quantitative estimate of drug-likeness (QED) is 0.119. The number of phenols is 1. The van der Waals surface area contributed by atoms with Crippen LogP contribution in [0.2, 0.25) is 0 Å². The third kappa shape index (κ3) is 14.9. The number of aromatic hydroxyl groups is 1. The molecule has 0 spiro atoms. The molecule has 0 aliphatic carbocycles. The minimum Gasteiger partial charge on any atom is -0.508 e. The highest BCUT2D eigenvalue weighted by Gasteiger charge is 2.22. The predicted molar refractivity (Wildman–Crippen MR) is 179 cm³/mol. The topological polar surface area (TPSA) is 157 Å². The van der Waals surface area contributed by atoms with Crippen LogP contribution in [0.4, 0.5) is 5.69 Å². The zero-order chi connectivity index (χ0) is 32.7. The molecule has 0 aromatic heterocycles. The van der Waals surface area contributed by atoms with Gasteiger partial charge in [-0.2, -0.15) is 4.99 Å². The second-order valence-corrected chi connectivity index (χ2v) is 10.2. The third-order valence-electron chi connectivity index (χ3n) is 6.71. The molecule has 1 amide bonds. The molecular formula is C33H48N6O7. The Morgan fingerprint density at radius 1 is 0.870 bits per heavy atom. The molecule has 0 saturated heterocycles. The summed E-state index contributed by atoms with van der Waals surface area (Å²) >= 11 is 0. The number of nitrogens with zero attached hydrogens (tertiary/aromatic N) is 3. The lowest BCUT2D eigenvalue weighted by atomic mass is 10.0. The second-order valence-electron chi connectivity index (χ2n) is 10.2. The van der Waals surface area contributed by atoms with E-state index in [9.17, 15) is 9.90 Å². The van der Waals surface area contributed by atoms with Gasteiger partial charge in [0.2, 0.25) is 5.96 Å². The summed E-state index contributed by atoms with van der Waals surface area (Å²) in [6, 6.07) is 15.8. The van der Waals surface area contributed by atoms with E-state index in [1.807, 2.05) is 18.2 Å². The highest BCUT2D eigenvalue weighted by Crippen LogP contribution is 2.18. The number of hydrogen-bond acceptors (Lipinski definition) is 10. The third-order valence-corrected chi connectivity index (χ3v) is 6.71. The number of nitrogens with one attached hydrogen (secondary N) is 3. The zero-order valence-corrected chi connectivity index (χ0v) is 26.9. The Hall–Kier alpha value is -3.88. The van der Waals surface area contributed by atoms with Gasteiger partial charge in [-0.05, 0) is 42.8 Å². The van der Waals surface area contributed by atoms with Crippen molar-refractivity contribution in [3.05, 3.63) is 60.2 Å². The van der Waals surface area contributed by atoms with Crippen molar-refractivity contribution in [1.82, 2.24) is 10.6 Å². The summed E-state index contributed by atoms with van der Waals surface area (Å²) in [7, 11) is 1.64. The molecule has 0 saturated carbocycles. The van der Waals surface area contributed by atoms with Crippen LogP contribution in [0.15, 0.2) is 69.6 Å². The molecule has 1 aliphatic rings. The first-order chi connectivity index (χ1) is 22.6. The van der Waals surface area contributed by atoms with E-state index in [4.69, 9.17) is 38.7 Å². The van der Waals surface area contributed by atoms with Gasteiger partial charge in [0.05, 0.1) is 72.6 Å². The minimum absolute atomic E-state index is 0.0689. The summed E-state index contributed by atoms with van der Waals surface area (Å²) < 4.78 is 27.3. The maximum absolute atomic E-state index is 12.1. The number of amidine groups is 2. The van der Waals surface area contributed by atoms with Gasteiger partial charge in [0.1, 0.15) is 17.4 Å². The zero-order valence-electron chi connectivity index (χ0n) is 26.9. The van der Waals surface area contributed by atoms with Gasteiger partial charge in [-0.15, -0.1) is 0 Å². The fraction of sp³-hybridized carbons (Fsp3) is 0.515. The number of rotatable bonds is 21. The predicted octanol–water partition coefficient (Wildman–Crippen LogP) is 3.12. The first-order valence-electron chi connectivity index (χ1n) is 15.7. The number of guanidine groups is 1. The normalized spacial score (nSPS) is 16.6. The standard InChI is InChI=1S/C33H48N6O7/c1-3-26-25-30(34-13-16-43-21-22-45-18-15-36-32(41)27-7-5-4-6-8-27)38-33(37-28-9-11-29(40)12-10-28)39-31(26)35-14-17-44-23-24-46-20-19-42-2/h4-12,26,40H,3,13-25H2,1-2H3,(H,36,41)(H2,34,35,37,38,39). The molecule has 252 valence electrons. The first-order valence-corrected chi connectivity index (χ1v) is 15.7. The highest BCUT2D eigenvalue weighted by molar-refractivity contribution is 6.13. The molecule has 13 nitrogen and oxygen atoms in total. The van der Waals surface area contributed by atoms with Crippen molar-refractivity contribution in [2.24, 2.45) is 20.9 Å². The molecule has 13 heteroatoms. The number of hydrogen-bond donors (Lipinski definition) is 4. The molecule has 1 unspecified atom stereocenters. The Labute approximate surface area is 271 Å². The summed E-state index contributed by atoms with van der Waals surface area (Å²) in [5.74, 6) is 2.13. The average molecular weight is 641 g/mol. The second kappa shape index (κ2) is 22.6. The van der Waals surface area contributed by atoms with Gasteiger partial charge < -0.3 is 44.7 Å². The van der Waals surface area contributed by atoms with Gasteiger partial charge in [-0.3, -0.25) is 14.8 Å². The van der Waals surface area contributed by atoms with Crippen LogP contribution in [0, 0.1) is 5.92 Å². The Balaban J connectivity index is 1.44. The van der Waals surface area contributed by atoms with Crippen molar-refractivity contribution in [3.8, 4) is 5.75 Å². The first kappa shape index (κ1) is 36.6. The fourth-order valence-electron chi connectivity index (χ4n) is 4.27. The molecule has 1 atom stereocenters. The number of benzene rings is 2. The van der Waals surface area contributed by atoms with Crippen LogP contribution in [-0.2, 0) is 23.7 Å². The number of phenolic OH excluding ortho intramolecular Hbond substituents is 1. The summed E-state index contributed by atoms with van der Waals surface area (Å²) in [6.07, 6.45) is 1.48. The molecule has 1 heterocycles. The van der Waals surface area contributed by atoms with Crippen molar-refractivity contribution in [3.63, 3.8) is 0 Å². The Kier molecular flexibility index (Phi) is 18.0. The van der Waals surface area contributed by atoms with Crippen LogP contribution in [0.25, 0.3) is 0 Å². The van der Waals surface area contributed by atoms with Crippen LogP contribution in [0.5, 0.6) is 5.75 Å². The summed E-state index contributed by atoms with van der Waals surface area (Å²) in [5, 5.41) is 19.1. The van der Waals surface area contributed by atoms with Crippen LogP contribution in [-0.4, -0.2) is 115 Å². The van der Waals surface area contributed by atoms with E-state index in [0.29, 0.717) is 97.0 Å². The molecular weight excluding hydrogens is 592 g/mol. The molecule has 0 radical (unpaired) electrons. The summed E-state index contributed by atoms with van der Waals surface area (Å²) in [5.41, 5.74) is 1.39. The lowest BCUT2D eigenvalue weighted by Gasteiger charge is -2.13. The average Bonchev–Trinajstić information content (AvgIpc) is 3.24. The maximum Gasteiger partial charge on any atom is 0.251 e. The molecule has 0 bridgehead atoms. The van der Waals surface area contributed by atoms with Crippen molar-refractivity contribution >= 4 is 29.2 Å². The largest absolute Gasteiger partial charge is 0.508 e. The van der Waals surface area contributed by atoms with Gasteiger partial charge in [-0.1, -0.05) is 25.1 Å². The van der Waals surface area contributed by atoms with Crippen molar-refractivity contribution in [2.75, 3.05) is 91.5 Å². The van der Waals surface area contributed by atoms with Crippen molar-refractivity contribution < 1.29 is 33.6 Å². The van der Waals surface area contributed by atoms with Crippen LogP contribution >= 0.6 is 0 Å². The van der Waals surface area contributed by atoms with E-state index in [-0.39, 0.29) is 17.6 Å². The van der Waals surface area contributed by atoms with Crippen molar-refractivity contribution in [2.45, 2.75) is 19.8 Å². The molecule has 2 aromatic carbocycles. The monoisotopic (exact) mass is 640 g/mol. The van der Waals surface area contributed by atoms with E-state index < -0.39 is 0 Å². The lowest BCUT2D eigenvalue weighted by Crippen LogP contribution is -2.35. The summed E-state index contributed by atoms with van der Waals surface area (Å²) in [6.45, 7) is 7.71. The van der Waals surface area contributed by atoms with Crippen LogP contribution < -0.4 is 16.0 Å². The number of ether oxygens (including phenoxy) is 5. The molecule has 3 rings (SSSR count). The SMILES string of the molecule is CCC1CC(=NCCOCCOCCNC(=O)c2ccccc2)NC(Nc2ccc(O)cc2)=NC1=NCCOCCOCCOC. The molecule has 2 aromatic rings. The number of carbonyl (C=O) groups excluding carboxylic acids is 1. The number of aliphatic imine (C=N–C) groups is 3. The van der Waals surface area contributed by atoms with Gasteiger partial charge in [0.25, 0.3) is 5.91 Å². The Morgan fingerprint density at radius 3 is 2.17 bits per heavy atom. The van der Waals surface area contributed by atoms with Gasteiger partial charge >= 0.3 is 0 Å². The summed E-state index contributed by atoms with van der Waals surface area (Å²) in [4.78, 5) is 26.4. The Morgan fingerprint density at radius 2 is 1.50 bits per heavy atom. The van der Waals surface area contributed by atoms with E-state index in [2.05, 4.69) is 22.9 Å².